The summed E-state index contributed by atoms with van der Waals surface area (Å²) in [5.74, 6) is 0.796. The zero-order valence-corrected chi connectivity index (χ0v) is 9.48. The minimum Gasteiger partial charge on any atom is -0.352 e. The Morgan fingerprint density at radius 1 is 1.44 bits per heavy atom. The molecule has 1 aliphatic rings. The second-order valence-electron chi connectivity index (χ2n) is 4.49. The number of amides is 1. The molecule has 1 heterocycles. The zero-order valence-electron chi connectivity index (χ0n) is 9.48. The number of pyridine rings is 1. The van der Waals surface area contributed by atoms with Crippen molar-refractivity contribution in [3.63, 3.8) is 0 Å². The monoisotopic (exact) mass is 218 g/mol. The van der Waals surface area contributed by atoms with Crippen molar-refractivity contribution in [2.24, 2.45) is 5.92 Å². The molecular weight excluding hydrogens is 200 g/mol. The van der Waals surface area contributed by atoms with E-state index in [-0.39, 0.29) is 5.91 Å². The number of carbonyl (C=O) groups excluding carboxylic acids is 1. The molecule has 0 aromatic carbocycles. The number of rotatable bonds is 4. The van der Waals surface area contributed by atoms with Gasteiger partial charge in [-0.3, -0.25) is 9.78 Å². The molecule has 3 heteroatoms. The zero-order chi connectivity index (χ0) is 11.2. The third-order valence-corrected chi connectivity index (χ3v) is 3.16. The second kappa shape index (κ2) is 5.64. The molecule has 0 saturated heterocycles. The first kappa shape index (κ1) is 11.1. The van der Waals surface area contributed by atoms with Crippen LogP contribution >= 0.6 is 0 Å². The molecule has 0 aliphatic heterocycles. The first-order valence-electron chi connectivity index (χ1n) is 6.00. The fourth-order valence-corrected chi connectivity index (χ4v) is 2.25. The van der Waals surface area contributed by atoms with Gasteiger partial charge < -0.3 is 5.32 Å². The fraction of sp³-hybridized carbons (Fsp3) is 0.538. The summed E-state index contributed by atoms with van der Waals surface area (Å²) in [4.78, 5) is 15.7. The third-order valence-electron chi connectivity index (χ3n) is 3.16. The van der Waals surface area contributed by atoms with Crippen molar-refractivity contribution in [1.29, 1.82) is 0 Å². The molecular formula is C13H18N2O. The summed E-state index contributed by atoms with van der Waals surface area (Å²) in [6, 6.07) is 3.86. The van der Waals surface area contributed by atoms with Gasteiger partial charge in [-0.1, -0.05) is 18.9 Å². The minimum atomic E-state index is 0.177. The topological polar surface area (TPSA) is 42.0 Å². The van der Waals surface area contributed by atoms with Gasteiger partial charge in [0.25, 0.3) is 0 Å². The molecule has 1 fully saturated rings. The van der Waals surface area contributed by atoms with Crippen LogP contribution in [0, 0.1) is 5.92 Å². The van der Waals surface area contributed by atoms with Crippen LogP contribution in [-0.4, -0.2) is 10.9 Å². The average Bonchev–Trinajstić information content (AvgIpc) is 2.81. The van der Waals surface area contributed by atoms with E-state index in [0.717, 1.165) is 5.56 Å². The van der Waals surface area contributed by atoms with Crippen molar-refractivity contribution < 1.29 is 4.79 Å². The van der Waals surface area contributed by atoms with Crippen molar-refractivity contribution >= 4 is 5.91 Å². The average molecular weight is 218 g/mol. The molecule has 0 spiro atoms. The quantitative estimate of drug-likeness (QED) is 0.842. The molecule has 86 valence electrons. The molecule has 0 radical (unpaired) electrons. The van der Waals surface area contributed by atoms with Gasteiger partial charge in [0.1, 0.15) is 0 Å². The summed E-state index contributed by atoms with van der Waals surface area (Å²) in [6.07, 6.45) is 9.25. The lowest BCUT2D eigenvalue weighted by atomic mass is 10.0. The van der Waals surface area contributed by atoms with Crippen LogP contribution in [0.1, 0.15) is 37.7 Å². The molecule has 0 atom stereocenters. The van der Waals surface area contributed by atoms with E-state index in [0.29, 0.717) is 18.9 Å². The van der Waals surface area contributed by atoms with E-state index in [1.807, 2.05) is 12.1 Å². The van der Waals surface area contributed by atoms with E-state index in [1.165, 1.54) is 25.7 Å². The van der Waals surface area contributed by atoms with Crippen LogP contribution in [0.25, 0.3) is 0 Å². The van der Waals surface area contributed by atoms with Crippen molar-refractivity contribution in [2.45, 2.75) is 38.6 Å². The normalized spacial score (nSPS) is 16.2. The number of aromatic nitrogens is 1. The Hall–Kier alpha value is -1.38. The molecule has 1 amide bonds. The molecule has 3 nitrogen and oxygen atoms in total. The molecule has 16 heavy (non-hydrogen) atoms. The van der Waals surface area contributed by atoms with Crippen LogP contribution < -0.4 is 5.32 Å². The minimum absolute atomic E-state index is 0.177. The molecule has 1 aromatic heterocycles. The lowest BCUT2D eigenvalue weighted by Gasteiger charge is -2.09. The molecule has 0 bridgehead atoms. The predicted molar refractivity (Wildman–Crippen MR) is 62.7 cm³/mol. The van der Waals surface area contributed by atoms with Gasteiger partial charge in [0.2, 0.25) is 5.91 Å². The van der Waals surface area contributed by atoms with Crippen molar-refractivity contribution in [3.8, 4) is 0 Å². The maximum Gasteiger partial charge on any atom is 0.220 e. The van der Waals surface area contributed by atoms with E-state index >= 15 is 0 Å². The van der Waals surface area contributed by atoms with Crippen LogP contribution in [0.15, 0.2) is 24.5 Å². The van der Waals surface area contributed by atoms with E-state index in [1.54, 1.807) is 12.4 Å². The van der Waals surface area contributed by atoms with E-state index < -0.39 is 0 Å². The van der Waals surface area contributed by atoms with Crippen LogP contribution in [0.3, 0.4) is 0 Å². The highest BCUT2D eigenvalue weighted by Gasteiger charge is 2.17. The summed E-state index contributed by atoms with van der Waals surface area (Å²) < 4.78 is 0. The summed E-state index contributed by atoms with van der Waals surface area (Å²) >= 11 is 0. The van der Waals surface area contributed by atoms with Crippen LogP contribution in [0.4, 0.5) is 0 Å². The smallest absolute Gasteiger partial charge is 0.220 e. The van der Waals surface area contributed by atoms with Crippen molar-refractivity contribution in [3.05, 3.63) is 30.1 Å². The second-order valence-corrected chi connectivity index (χ2v) is 4.49. The molecule has 0 unspecified atom stereocenters. The number of nitrogens with zero attached hydrogens (tertiary/aromatic N) is 1. The van der Waals surface area contributed by atoms with Gasteiger partial charge in [0.05, 0.1) is 0 Å². The van der Waals surface area contributed by atoms with Crippen LogP contribution in [0.5, 0.6) is 0 Å². The van der Waals surface area contributed by atoms with Gasteiger partial charge >= 0.3 is 0 Å². The lowest BCUT2D eigenvalue weighted by molar-refractivity contribution is -0.122. The van der Waals surface area contributed by atoms with E-state index in [4.69, 9.17) is 0 Å². The summed E-state index contributed by atoms with van der Waals surface area (Å²) in [5, 5.41) is 2.95. The molecule has 1 aromatic rings. The Labute approximate surface area is 96.3 Å². The standard InChI is InChI=1S/C13H18N2O/c16-13(8-11-4-1-2-5-11)15-10-12-6-3-7-14-9-12/h3,6-7,9,11H,1-2,4-5,8,10H2,(H,15,16). The lowest BCUT2D eigenvalue weighted by Crippen LogP contribution is -2.24. The van der Waals surface area contributed by atoms with Gasteiger partial charge in [-0.2, -0.15) is 0 Å². The Bertz CT molecular complexity index is 331. The molecule has 1 N–H and O–H groups in total. The van der Waals surface area contributed by atoms with Crippen LogP contribution in [0.2, 0.25) is 0 Å². The molecule has 1 saturated carbocycles. The van der Waals surface area contributed by atoms with Gasteiger partial charge in [0, 0.05) is 25.4 Å². The maximum absolute atomic E-state index is 11.6. The highest BCUT2D eigenvalue weighted by Crippen LogP contribution is 2.27. The Balaban J connectivity index is 1.71. The molecule has 1 aliphatic carbocycles. The Kier molecular flexibility index (Phi) is 3.91. The maximum atomic E-state index is 11.6. The highest BCUT2D eigenvalue weighted by atomic mass is 16.1. The van der Waals surface area contributed by atoms with Crippen LogP contribution in [-0.2, 0) is 11.3 Å². The van der Waals surface area contributed by atoms with Gasteiger partial charge in [-0.15, -0.1) is 0 Å². The number of hydrogen-bond donors (Lipinski definition) is 1. The third kappa shape index (κ3) is 3.33. The first-order chi connectivity index (χ1) is 7.84. The summed E-state index contributed by atoms with van der Waals surface area (Å²) in [7, 11) is 0. The SMILES string of the molecule is O=C(CC1CCCC1)NCc1cccnc1. The van der Waals surface area contributed by atoms with E-state index in [9.17, 15) is 4.79 Å². The number of carbonyl (C=O) groups is 1. The van der Waals surface area contributed by atoms with Crippen molar-refractivity contribution in [2.75, 3.05) is 0 Å². The van der Waals surface area contributed by atoms with Gasteiger partial charge in [-0.25, -0.2) is 0 Å². The van der Waals surface area contributed by atoms with Gasteiger partial charge in [-0.05, 0) is 30.4 Å². The van der Waals surface area contributed by atoms with E-state index in [2.05, 4.69) is 10.3 Å². The first-order valence-corrected chi connectivity index (χ1v) is 6.00. The number of nitrogens with one attached hydrogen (secondary N) is 1. The predicted octanol–water partition coefficient (Wildman–Crippen LogP) is 2.28. The van der Waals surface area contributed by atoms with Crippen molar-refractivity contribution in [1.82, 2.24) is 10.3 Å². The highest BCUT2D eigenvalue weighted by molar-refractivity contribution is 5.76. The number of hydrogen-bond acceptors (Lipinski definition) is 2. The summed E-state index contributed by atoms with van der Waals surface area (Å²) in [5.41, 5.74) is 1.06. The van der Waals surface area contributed by atoms with Gasteiger partial charge in [0.15, 0.2) is 0 Å². The Morgan fingerprint density at radius 2 is 2.25 bits per heavy atom. The Morgan fingerprint density at radius 3 is 2.94 bits per heavy atom. The summed E-state index contributed by atoms with van der Waals surface area (Å²) in [6.45, 7) is 0.597. The molecule has 2 rings (SSSR count). The fourth-order valence-electron chi connectivity index (χ4n) is 2.25. The largest absolute Gasteiger partial charge is 0.352 e.